The largest absolute Gasteiger partial charge is 0.455 e. The van der Waals surface area contributed by atoms with E-state index in [2.05, 4.69) is 9.80 Å². The van der Waals surface area contributed by atoms with Crippen molar-refractivity contribution < 1.29 is 107 Å². The van der Waals surface area contributed by atoms with Crippen LogP contribution in [0.15, 0.2) is 60.7 Å². The van der Waals surface area contributed by atoms with E-state index in [-0.39, 0.29) is 62.9 Å². The molecule has 2 aromatic rings. The van der Waals surface area contributed by atoms with E-state index in [1.807, 2.05) is 13.8 Å². The lowest BCUT2D eigenvalue weighted by Crippen LogP contribution is -2.81. The molecule has 7 N–H and O–H groups in total. The normalized spacial score (nSPS) is 48.1. The standard InChI is InChI=1S/C73H102N2O22/c1-10-74-34-66(36-87-3)43(77)29-45(89-5)70-40-31-68(85)42(33-76)59(81)72(51(57(70)74)53(91-7)55(66)70,49(40)61(68)94-64(83)38-23-17-15-18-24-38)96-47(79)27-21-13-12-14-22-28-48(80)97-73-50-41(32-69(86,63(93-9)60(73)82)62(50)95-65(84)39-25-19-16-20-26-39)71-46(90-6)30-44(78)67(37-88-4)35-75(11-2)58(71)52(73)54(92-8)56(67)71/h15-20,23-26,40-46,49-63,76-78,81-82,85-86H,10-14,21-22,27-37H2,1-9H3. The SMILES string of the molecule is CCN1CC2(COC)C(O)CC(OC)C34C5CC6(O)C(CO)C(O)C(OC(=O)CCCCCCCC(=O)OC78C(O)C(OC)C9(O)CC(C7C9OC(=O)c7ccccc7)C79C(OC)CC(O)C%10(COC)CN(CC)C7C8C(OC)C%109)(C5C6OC(=O)c5ccccc5)C(C(OC)C23)C14. The van der Waals surface area contributed by atoms with Gasteiger partial charge < -0.3 is 87.9 Å². The van der Waals surface area contributed by atoms with Crippen LogP contribution in [-0.4, -0.2) is 267 Å². The molecule has 10 aliphatic carbocycles. The number of benzene rings is 2. The van der Waals surface area contributed by atoms with Gasteiger partial charge in [0.25, 0.3) is 0 Å². The second-order valence-electron chi connectivity index (χ2n) is 31.0. The van der Waals surface area contributed by atoms with Crippen molar-refractivity contribution >= 4 is 23.9 Å². The van der Waals surface area contributed by atoms with Gasteiger partial charge in [-0.1, -0.05) is 69.5 Å². The highest BCUT2D eigenvalue weighted by atomic mass is 16.6. The molecule has 0 amide bonds. The summed E-state index contributed by atoms with van der Waals surface area (Å²) in [6, 6.07) is 15.8. The van der Waals surface area contributed by atoms with Gasteiger partial charge in [-0.05, 0) is 74.9 Å². The van der Waals surface area contributed by atoms with Gasteiger partial charge in [0.1, 0.15) is 41.7 Å². The number of rotatable bonds is 26. The van der Waals surface area contributed by atoms with Crippen molar-refractivity contribution in [2.45, 2.75) is 186 Å². The van der Waals surface area contributed by atoms with Crippen molar-refractivity contribution in [3.8, 4) is 0 Å². The molecule has 30 unspecified atom stereocenters. The zero-order chi connectivity index (χ0) is 68.9. The summed E-state index contributed by atoms with van der Waals surface area (Å²) in [5.41, 5.74) is -11.1. The van der Waals surface area contributed by atoms with Crippen molar-refractivity contribution in [3.05, 3.63) is 71.8 Å². The summed E-state index contributed by atoms with van der Waals surface area (Å²) in [7, 11) is 11.0. The van der Waals surface area contributed by atoms with E-state index >= 15 is 9.59 Å². The van der Waals surface area contributed by atoms with Crippen LogP contribution < -0.4 is 0 Å². The summed E-state index contributed by atoms with van der Waals surface area (Å²) in [5, 5.41) is 89.8. The molecule has 0 radical (unpaired) electrons. The minimum Gasteiger partial charge on any atom is -0.455 e. The lowest BCUT2D eigenvalue weighted by molar-refractivity contribution is -0.323. The smallest absolute Gasteiger partial charge is 0.338 e. The number of aliphatic hydroxyl groups excluding tert-OH is 5. The molecule has 12 aliphatic rings. The highest BCUT2D eigenvalue weighted by Crippen LogP contribution is 2.83. The first-order valence-corrected chi connectivity index (χ1v) is 35.5. The molecule has 12 fully saturated rings. The Bertz CT molecular complexity index is 3050. The molecule has 14 rings (SSSR count). The van der Waals surface area contributed by atoms with Crippen LogP contribution in [-0.2, 0) is 61.7 Å². The molecule has 30 atom stereocenters. The number of methoxy groups -OCH3 is 7. The summed E-state index contributed by atoms with van der Waals surface area (Å²) >= 11 is 0. The highest BCUT2D eigenvalue weighted by Gasteiger charge is 2.94. The van der Waals surface area contributed by atoms with E-state index in [1.165, 1.54) is 7.11 Å². The van der Waals surface area contributed by atoms with Crippen molar-refractivity contribution in [1.82, 2.24) is 9.80 Å². The first-order valence-electron chi connectivity index (χ1n) is 35.5. The van der Waals surface area contributed by atoms with Gasteiger partial charge in [0.15, 0.2) is 11.2 Å². The van der Waals surface area contributed by atoms with Crippen molar-refractivity contribution in [2.24, 2.45) is 74.9 Å². The fourth-order valence-corrected chi connectivity index (χ4v) is 25.8. The number of nitrogens with zero attached hydrogens (tertiary/aromatic N) is 2. The van der Waals surface area contributed by atoms with Crippen LogP contribution in [0.2, 0.25) is 0 Å². The highest BCUT2D eigenvalue weighted by molar-refractivity contribution is 5.90. The van der Waals surface area contributed by atoms with E-state index in [1.54, 1.807) is 103 Å². The van der Waals surface area contributed by atoms with E-state index in [0.29, 0.717) is 58.3 Å². The van der Waals surface area contributed by atoms with Gasteiger partial charge in [0, 0.05) is 164 Å². The second-order valence-corrected chi connectivity index (χ2v) is 31.0. The number of piperidine rings is 2. The summed E-state index contributed by atoms with van der Waals surface area (Å²) in [4.78, 5) is 63.8. The average Bonchev–Trinajstić information content (AvgIpc) is 1.46. The first-order chi connectivity index (χ1) is 46.6. The fraction of sp³-hybridized carbons (Fsp3) is 0.781. The van der Waals surface area contributed by atoms with Crippen LogP contribution in [0, 0.1) is 74.9 Å². The van der Waals surface area contributed by atoms with Crippen LogP contribution in [0.5, 0.6) is 0 Å². The van der Waals surface area contributed by atoms with E-state index < -0.39 is 207 Å². The third-order valence-electron chi connectivity index (χ3n) is 28.2. The number of likely N-dealkylation sites (tertiary alicyclic amines) is 2. The Hall–Kier alpha value is -4.32. The van der Waals surface area contributed by atoms with Crippen molar-refractivity contribution in [2.75, 3.05) is 95.8 Å². The third-order valence-corrected chi connectivity index (χ3v) is 28.2. The minimum absolute atomic E-state index is 0.0256. The second kappa shape index (κ2) is 25.3. The first kappa shape index (κ1) is 69.8. The Balaban J connectivity index is 0.739. The Morgan fingerprint density at radius 3 is 1.32 bits per heavy atom. The molecule has 14 bridgehead atoms. The van der Waals surface area contributed by atoms with Crippen LogP contribution in [0.3, 0.4) is 0 Å². The van der Waals surface area contributed by atoms with Gasteiger partial charge in [-0.2, -0.15) is 0 Å². The monoisotopic (exact) mass is 1360 g/mol. The maximum Gasteiger partial charge on any atom is 0.338 e. The number of carbonyl (C=O) groups excluding carboxylic acids is 4. The number of esters is 4. The van der Waals surface area contributed by atoms with Crippen LogP contribution >= 0.6 is 0 Å². The molecule has 536 valence electrons. The average molecular weight is 1360 g/mol. The maximum absolute atomic E-state index is 15.2. The number of hydrogen-bond donors (Lipinski definition) is 7. The molecule has 2 saturated heterocycles. The fourth-order valence-electron chi connectivity index (χ4n) is 25.8. The van der Waals surface area contributed by atoms with E-state index in [9.17, 15) is 45.3 Å². The summed E-state index contributed by atoms with van der Waals surface area (Å²) in [6.45, 7) is 5.37. The summed E-state index contributed by atoms with van der Waals surface area (Å²) in [5.74, 6) is -10.2. The quantitative estimate of drug-likeness (QED) is 0.0404. The zero-order valence-electron chi connectivity index (χ0n) is 57.4. The lowest BCUT2D eigenvalue weighted by Gasteiger charge is -2.70. The predicted molar refractivity (Wildman–Crippen MR) is 342 cm³/mol. The van der Waals surface area contributed by atoms with Crippen LogP contribution in [0.25, 0.3) is 0 Å². The van der Waals surface area contributed by atoms with Gasteiger partial charge in [-0.25, -0.2) is 9.59 Å². The Kier molecular flexibility index (Phi) is 18.2. The number of ether oxygens (including phenoxy) is 11. The van der Waals surface area contributed by atoms with Crippen LogP contribution in [0.4, 0.5) is 0 Å². The molecule has 2 aromatic carbocycles. The van der Waals surface area contributed by atoms with Crippen LogP contribution in [0.1, 0.15) is 105 Å². The van der Waals surface area contributed by atoms with E-state index in [4.69, 9.17) is 52.1 Å². The molecular weight excluding hydrogens is 1260 g/mol. The molecular formula is C73H102N2O22. The van der Waals surface area contributed by atoms with Gasteiger partial charge >= 0.3 is 23.9 Å². The molecule has 2 aliphatic heterocycles. The zero-order valence-corrected chi connectivity index (χ0v) is 57.4. The Morgan fingerprint density at radius 2 is 0.928 bits per heavy atom. The number of carbonyl (C=O) groups is 4. The molecule has 10 saturated carbocycles. The van der Waals surface area contributed by atoms with E-state index in [0.717, 1.165) is 0 Å². The molecule has 0 aromatic heterocycles. The van der Waals surface area contributed by atoms with Gasteiger partial charge in [0.2, 0.25) is 0 Å². The topological polar surface area (TPSA) is 318 Å². The lowest BCUT2D eigenvalue weighted by atomic mass is 9.42. The number of aliphatic hydroxyl groups is 7. The summed E-state index contributed by atoms with van der Waals surface area (Å²) in [6.07, 6.45) is -9.74. The Morgan fingerprint density at radius 1 is 0.515 bits per heavy atom. The minimum atomic E-state index is -2.00. The molecule has 24 heteroatoms. The number of fused-ring (bicyclic) bond motifs is 4. The third kappa shape index (κ3) is 8.91. The molecule has 97 heavy (non-hydrogen) atoms. The number of hydrogen-bond acceptors (Lipinski definition) is 24. The Labute approximate surface area is 567 Å². The maximum atomic E-state index is 15.2. The molecule has 2 spiro atoms. The van der Waals surface area contributed by atoms with Gasteiger partial charge in [0.05, 0.1) is 67.6 Å². The van der Waals surface area contributed by atoms with Crippen molar-refractivity contribution in [3.63, 3.8) is 0 Å². The molecule has 24 nitrogen and oxygen atoms in total. The summed E-state index contributed by atoms with van der Waals surface area (Å²) < 4.78 is 72.1. The molecule has 2 heterocycles. The number of unbranched alkanes of at least 4 members (excludes halogenated alkanes) is 4. The van der Waals surface area contributed by atoms with Gasteiger partial charge in [-0.3, -0.25) is 19.4 Å². The van der Waals surface area contributed by atoms with Gasteiger partial charge in [-0.15, -0.1) is 0 Å². The van der Waals surface area contributed by atoms with Crippen molar-refractivity contribution in [1.29, 1.82) is 0 Å². The predicted octanol–water partition coefficient (Wildman–Crippen LogP) is 2.59.